The molecule has 0 radical (unpaired) electrons. The molecule has 0 aliphatic rings. The van der Waals surface area contributed by atoms with Crippen LogP contribution in [0.3, 0.4) is 0 Å². The van der Waals surface area contributed by atoms with E-state index in [0.717, 1.165) is 5.56 Å². The van der Waals surface area contributed by atoms with Crippen molar-refractivity contribution >= 4 is 11.6 Å². The number of aromatic hydroxyl groups is 1. The summed E-state index contributed by atoms with van der Waals surface area (Å²) in [5.41, 5.74) is 1.58. The molecule has 0 aliphatic heterocycles. The molecule has 0 aromatic heterocycles. The van der Waals surface area contributed by atoms with Gasteiger partial charge in [-0.25, -0.2) is 0 Å². The van der Waals surface area contributed by atoms with E-state index in [1.165, 1.54) is 0 Å². The molecule has 0 spiro atoms. The Bertz CT molecular complexity index is 346. The third-order valence-electron chi connectivity index (χ3n) is 1.97. The molecule has 1 aromatic rings. The summed E-state index contributed by atoms with van der Waals surface area (Å²) in [5, 5.41) is 10.3. The summed E-state index contributed by atoms with van der Waals surface area (Å²) in [5.74, 6) is 0.633. The van der Waals surface area contributed by atoms with Crippen LogP contribution in [0, 0.1) is 13.8 Å². The summed E-state index contributed by atoms with van der Waals surface area (Å²) in [7, 11) is 0. The van der Waals surface area contributed by atoms with Crippen molar-refractivity contribution in [3.63, 3.8) is 0 Å². The molecule has 14 heavy (non-hydrogen) atoms. The molecule has 0 unspecified atom stereocenters. The minimum atomic E-state index is 0.0425. The number of ether oxygens (including phenoxy) is 1. The van der Waals surface area contributed by atoms with E-state index in [0.29, 0.717) is 16.3 Å². The molecule has 0 amide bonds. The fraction of sp³-hybridized carbons (Fsp3) is 0.455. The molecule has 0 heterocycles. The lowest BCUT2D eigenvalue weighted by Gasteiger charge is -2.14. The van der Waals surface area contributed by atoms with Gasteiger partial charge in [-0.15, -0.1) is 0 Å². The smallest absolute Gasteiger partial charge is 0.162 e. The van der Waals surface area contributed by atoms with Crippen LogP contribution in [0.2, 0.25) is 5.02 Å². The summed E-state index contributed by atoms with van der Waals surface area (Å²) in [4.78, 5) is 0. The van der Waals surface area contributed by atoms with E-state index in [2.05, 4.69) is 0 Å². The fourth-order valence-corrected chi connectivity index (χ4v) is 1.40. The first-order valence-electron chi connectivity index (χ1n) is 4.58. The van der Waals surface area contributed by atoms with Crippen molar-refractivity contribution in [2.75, 3.05) is 0 Å². The molecule has 0 bridgehead atoms. The standard InChI is InChI=1S/C11H15ClO2/c1-6(2)14-9-5-7(3)10(12)8(4)11(9)13/h5-6,13H,1-4H3. The first-order chi connectivity index (χ1) is 6.43. The summed E-state index contributed by atoms with van der Waals surface area (Å²) in [6.45, 7) is 7.50. The lowest BCUT2D eigenvalue weighted by atomic mass is 10.1. The molecule has 3 heteroatoms. The predicted molar refractivity (Wildman–Crippen MR) is 58.4 cm³/mol. The molecule has 2 nitrogen and oxygen atoms in total. The SMILES string of the molecule is Cc1cc(OC(C)C)c(O)c(C)c1Cl. The Labute approximate surface area is 89.5 Å². The van der Waals surface area contributed by atoms with Crippen LogP contribution in [0.15, 0.2) is 6.07 Å². The van der Waals surface area contributed by atoms with Gasteiger partial charge in [0, 0.05) is 5.56 Å². The third-order valence-corrected chi connectivity index (χ3v) is 2.56. The molecule has 1 rings (SSSR count). The van der Waals surface area contributed by atoms with Crippen LogP contribution in [0.4, 0.5) is 0 Å². The van der Waals surface area contributed by atoms with Crippen LogP contribution in [0.1, 0.15) is 25.0 Å². The average molecular weight is 215 g/mol. The fourth-order valence-electron chi connectivity index (χ4n) is 1.26. The van der Waals surface area contributed by atoms with Gasteiger partial charge in [0.15, 0.2) is 11.5 Å². The molecule has 78 valence electrons. The van der Waals surface area contributed by atoms with E-state index in [1.54, 1.807) is 13.0 Å². The second-order valence-corrected chi connectivity index (χ2v) is 4.02. The van der Waals surface area contributed by atoms with E-state index < -0.39 is 0 Å². The zero-order valence-corrected chi connectivity index (χ0v) is 9.64. The second kappa shape index (κ2) is 4.09. The normalized spacial score (nSPS) is 10.7. The molecule has 1 N–H and O–H groups in total. The Morgan fingerprint density at radius 3 is 2.43 bits per heavy atom. The van der Waals surface area contributed by atoms with Gasteiger partial charge in [-0.3, -0.25) is 0 Å². The quantitative estimate of drug-likeness (QED) is 0.817. The molecule has 0 atom stereocenters. The Hall–Kier alpha value is -0.890. The predicted octanol–water partition coefficient (Wildman–Crippen LogP) is 3.45. The summed E-state index contributed by atoms with van der Waals surface area (Å²) >= 11 is 5.98. The molecule has 0 saturated heterocycles. The zero-order chi connectivity index (χ0) is 10.9. The van der Waals surface area contributed by atoms with Crippen LogP contribution in [0.5, 0.6) is 11.5 Å². The number of halogens is 1. The minimum Gasteiger partial charge on any atom is -0.504 e. The lowest BCUT2D eigenvalue weighted by Crippen LogP contribution is -2.06. The maximum absolute atomic E-state index is 9.74. The number of benzene rings is 1. The van der Waals surface area contributed by atoms with Crippen molar-refractivity contribution < 1.29 is 9.84 Å². The number of rotatable bonds is 2. The van der Waals surface area contributed by atoms with Crippen molar-refractivity contribution in [2.24, 2.45) is 0 Å². The van der Waals surface area contributed by atoms with Crippen molar-refractivity contribution in [2.45, 2.75) is 33.8 Å². The number of hydrogen-bond donors (Lipinski definition) is 1. The van der Waals surface area contributed by atoms with Gasteiger partial charge in [0.1, 0.15) is 0 Å². The molecule has 0 saturated carbocycles. The van der Waals surface area contributed by atoms with E-state index >= 15 is 0 Å². The van der Waals surface area contributed by atoms with Crippen LogP contribution < -0.4 is 4.74 Å². The maximum Gasteiger partial charge on any atom is 0.162 e. The van der Waals surface area contributed by atoms with Gasteiger partial charge in [0.05, 0.1) is 11.1 Å². The third kappa shape index (κ3) is 2.13. The van der Waals surface area contributed by atoms with Gasteiger partial charge in [0.2, 0.25) is 0 Å². The number of aryl methyl sites for hydroxylation is 1. The van der Waals surface area contributed by atoms with E-state index in [4.69, 9.17) is 16.3 Å². The van der Waals surface area contributed by atoms with Crippen molar-refractivity contribution in [1.82, 2.24) is 0 Å². The summed E-state index contributed by atoms with van der Waals surface area (Å²) in [6.07, 6.45) is 0.0425. The Kier molecular flexibility index (Phi) is 3.27. The molecule has 0 fully saturated rings. The lowest BCUT2D eigenvalue weighted by molar-refractivity contribution is 0.231. The van der Waals surface area contributed by atoms with E-state index in [9.17, 15) is 5.11 Å². The first-order valence-corrected chi connectivity index (χ1v) is 4.96. The van der Waals surface area contributed by atoms with Gasteiger partial charge < -0.3 is 9.84 Å². The minimum absolute atomic E-state index is 0.0425. The first kappa shape index (κ1) is 11.2. The number of phenols is 1. The monoisotopic (exact) mass is 214 g/mol. The Balaban J connectivity index is 3.19. The van der Waals surface area contributed by atoms with Crippen molar-refractivity contribution in [1.29, 1.82) is 0 Å². The highest BCUT2D eigenvalue weighted by molar-refractivity contribution is 6.32. The van der Waals surface area contributed by atoms with E-state index in [-0.39, 0.29) is 11.9 Å². The highest BCUT2D eigenvalue weighted by Crippen LogP contribution is 2.37. The van der Waals surface area contributed by atoms with Gasteiger partial charge in [-0.2, -0.15) is 0 Å². The highest BCUT2D eigenvalue weighted by Gasteiger charge is 2.12. The molecule has 1 aromatic carbocycles. The topological polar surface area (TPSA) is 29.5 Å². The van der Waals surface area contributed by atoms with Crippen LogP contribution in [-0.2, 0) is 0 Å². The van der Waals surface area contributed by atoms with Crippen LogP contribution >= 0.6 is 11.6 Å². The number of phenolic OH excluding ortho intramolecular Hbond substituents is 1. The summed E-state index contributed by atoms with van der Waals surface area (Å²) in [6, 6.07) is 1.75. The maximum atomic E-state index is 9.74. The van der Waals surface area contributed by atoms with Gasteiger partial charge in [-0.1, -0.05) is 11.6 Å². The Morgan fingerprint density at radius 2 is 1.93 bits per heavy atom. The van der Waals surface area contributed by atoms with Gasteiger partial charge in [-0.05, 0) is 39.3 Å². The summed E-state index contributed by atoms with van der Waals surface area (Å²) < 4.78 is 5.45. The van der Waals surface area contributed by atoms with Crippen molar-refractivity contribution in [3.8, 4) is 11.5 Å². The van der Waals surface area contributed by atoms with Crippen molar-refractivity contribution in [3.05, 3.63) is 22.2 Å². The molecule has 0 aliphatic carbocycles. The van der Waals surface area contributed by atoms with Crippen LogP contribution in [-0.4, -0.2) is 11.2 Å². The van der Waals surface area contributed by atoms with Crippen LogP contribution in [0.25, 0.3) is 0 Å². The Morgan fingerprint density at radius 1 is 1.36 bits per heavy atom. The second-order valence-electron chi connectivity index (χ2n) is 3.65. The van der Waals surface area contributed by atoms with Gasteiger partial charge >= 0.3 is 0 Å². The highest BCUT2D eigenvalue weighted by atomic mass is 35.5. The zero-order valence-electron chi connectivity index (χ0n) is 8.89. The van der Waals surface area contributed by atoms with E-state index in [1.807, 2.05) is 20.8 Å². The molecular formula is C11H15ClO2. The largest absolute Gasteiger partial charge is 0.504 e. The molecular weight excluding hydrogens is 200 g/mol. The number of hydrogen-bond acceptors (Lipinski definition) is 2. The average Bonchev–Trinajstić information content (AvgIpc) is 2.10. The van der Waals surface area contributed by atoms with Gasteiger partial charge in [0.25, 0.3) is 0 Å².